The minimum absolute atomic E-state index is 0.117. The van der Waals surface area contributed by atoms with E-state index in [1.807, 2.05) is 6.92 Å². The molecule has 2 rings (SSSR count). The number of hydrogen-bond acceptors (Lipinski definition) is 4. The van der Waals surface area contributed by atoms with Gasteiger partial charge in [-0.2, -0.15) is 0 Å². The van der Waals surface area contributed by atoms with E-state index in [4.69, 9.17) is 0 Å². The van der Waals surface area contributed by atoms with Gasteiger partial charge in [0.2, 0.25) is 0 Å². The Morgan fingerprint density at radius 3 is 2.83 bits per heavy atom. The van der Waals surface area contributed by atoms with Crippen molar-refractivity contribution >= 4 is 11.7 Å². The molecular weight excluding hydrogens is 300 g/mol. The summed E-state index contributed by atoms with van der Waals surface area (Å²) in [6.07, 6.45) is 11.7. The van der Waals surface area contributed by atoms with E-state index >= 15 is 0 Å². The molecule has 0 bridgehead atoms. The number of hydrogen-bond donors (Lipinski definition) is 2. The Morgan fingerprint density at radius 2 is 2.08 bits per heavy atom. The van der Waals surface area contributed by atoms with Gasteiger partial charge in [-0.1, -0.05) is 31.4 Å². The van der Waals surface area contributed by atoms with E-state index in [9.17, 15) is 4.79 Å². The fraction of sp³-hybridized carbons (Fsp3) is 0.632. The van der Waals surface area contributed by atoms with Crippen molar-refractivity contribution in [2.24, 2.45) is 0 Å². The number of carbonyl (C=O) groups is 1. The van der Waals surface area contributed by atoms with Gasteiger partial charge in [-0.25, -0.2) is 9.97 Å². The minimum atomic E-state index is -0.117. The van der Waals surface area contributed by atoms with E-state index in [0.717, 1.165) is 25.2 Å². The summed E-state index contributed by atoms with van der Waals surface area (Å²) in [6, 6.07) is 1.74. The van der Waals surface area contributed by atoms with Gasteiger partial charge in [-0.05, 0) is 45.4 Å². The molecule has 1 amide bonds. The summed E-state index contributed by atoms with van der Waals surface area (Å²) in [6.45, 7) is 5.55. The molecule has 0 fully saturated rings. The van der Waals surface area contributed by atoms with Crippen molar-refractivity contribution in [3.63, 3.8) is 0 Å². The molecule has 0 radical (unpaired) electrons. The van der Waals surface area contributed by atoms with Gasteiger partial charge in [0.15, 0.2) is 0 Å². The molecule has 2 N–H and O–H groups in total. The largest absolute Gasteiger partial charge is 0.370 e. The van der Waals surface area contributed by atoms with Crippen LogP contribution in [0.5, 0.6) is 0 Å². The molecule has 1 aliphatic rings. The zero-order valence-electron chi connectivity index (χ0n) is 15.0. The number of carbonyl (C=O) groups excluding carboxylic acids is 1. The SMILES string of the molecule is CCCCCNc1cc(C(=O)NCCC2=CCCCC2)nc(C)n1. The summed E-state index contributed by atoms with van der Waals surface area (Å²) in [5.41, 5.74) is 1.91. The average Bonchev–Trinajstić information content (AvgIpc) is 2.59. The molecular formula is C19H30N4O. The van der Waals surface area contributed by atoms with Gasteiger partial charge in [0.05, 0.1) is 0 Å². The van der Waals surface area contributed by atoms with Gasteiger partial charge >= 0.3 is 0 Å². The molecule has 1 aromatic rings. The van der Waals surface area contributed by atoms with Crippen LogP contribution in [0.4, 0.5) is 5.82 Å². The summed E-state index contributed by atoms with van der Waals surface area (Å²) < 4.78 is 0. The first kappa shape index (κ1) is 18.4. The summed E-state index contributed by atoms with van der Waals surface area (Å²) in [7, 11) is 0. The van der Waals surface area contributed by atoms with Crippen LogP contribution in [0.25, 0.3) is 0 Å². The predicted octanol–water partition coefficient (Wildman–Crippen LogP) is 4.01. The number of rotatable bonds is 9. The number of anilines is 1. The maximum Gasteiger partial charge on any atom is 0.270 e. The molecule has 0 saturated carbocycles. The quantitative estimate of drug-likeness (QED) is 0.530. The lowest BCUT2D eigenvalue weighted by Gasteiger charge is -2.13. The Hall–Kier alpha value is -1.91. The number of amides is 1. The van der Waals surface area contributed by atoms with E-state index < -0.39 is 0 Å². The van der Waals surface area contributed by atoms with Crippen LogP contribution in [-0.2, 0) is 0 Å². The Balaban J connectivity index is 1.83. The standard InChI is InChI=1S/C19H30N4O/c1-3-4-8-12-20-18-14-17(22-15(2)23-18)19(24)21-13-11-16-9-6-5-7-10-16/h9,14H,3-8,10-13H2,1-2H3,(H,21,24)(H,20,22,23). The van der Waals surface area contributed by atoms with Crippen molar-refractivity contribution in [2.75, 3.05) is 18.4 Å². The highest BCUT2D eigenvalue weighted by Gasteiger charge is 2.11. The van der Waals surface area contributed by atoms with Crippen LogP contribution in [0, 0.1) is 6.92 Å². The van der Waals surface area contributed by atoms with E-state index in [0.29, 0.717) is 18.1 Å². The third kappa shape index (κ3) is 6.30. The lowest BCUT2D eigenvalue weighted by atomic mass is 9.97. The van der Waals surface area contributed by atoms with Crippen LogP contribution in [0.2, 0.25) is 0 Å². The number of aromatic nitrogens is 2. The summed E-state index contributed by atoms with van der Waals surface area (Å²) in [5, 5.41) is 6.26. The molecule has 24 heavy (non-hydrogen) atoms. The van der Waals surface area contributed by atoms with E-state index in [2.05, 4.69) is 33.6 Å². The highest BCUT2D eigenvalue weighted by molar-refractivity contribution is 5.92. The molecule has 0 unspecified atom stereocenters. The van der Waals surface area contributed by atoms with Crippen molar-refractivity contribution in [1.29, 1.82) is 0 Å². The van der Waals surface area contributed by atoms with E-state index in [1.165, 1.54) is 44.1 Å². The number of aryl methyl sites for hydroxylation is 1. The molecule has 132 valence electrons. The third-order valence-corrected chi connectivity index (χ3v) is 4.27. The van der Waals surface area contributed by atoms with Gasteiger partial charge in [0.1, 0.15) is 17.3 Å². The van der Waals surface area contributed by atoms with Gasteiger partial charge < -0.3 is 10.6 Å². The minimum Gasteiger partial charge on any atom is -0.370 e. The van der Waals surface area contributed by atoms with Crippen LogP contribution in [0.3, 0.4) is 0 Å². The third-order valence-electron chi connectivity index (χ3n) is 4.27. The molecule has 0 atom stereocenters. The predicted molar refractivity (Wildman–Crippen MR) is 98.3 cm³/mol. The highest BCUT2D eigenvalue weighted by Crippen LogP contribution is 2.19. The zero-order valence-corrected chi connectivity index (χ0v) is 15.0. The van der Waals surface area contributed by atoms with Crippen molar-refractivity contribution in [1.82, 2.24) is 15.3 Å². The van der Waals surface area contributed by atoms with Crippen LogP contribution in [0.15, 0.2) is 17.7 Å². The molecule has 1 heterocycles. The average molecular weight is 330 g/mol. The number of nitrogens with one attached hydrogen (secondary N) is 2. The molecule has 5 nitrogen and oxygen atoms in total. The number of unbranched alkanes of at least 4 members (excludes halogenated alkanes) is 2. The zero-order chi connectivity index (χ0) is 17.2. The summed E-state index contributed by atoms with van der Waals surface area (Å²) in [4.78, 5) is 20.9. The second-order valence-corrected chi connectivity index (χ2v) is 6.43. The van der Waals surface area contributed by atoms with Crippen molar-refractivity contribution in [2.45, 2.75) is 65.2 Å². The monoisotopic (exact) mass is 330 g/mol. The van der Waals surface area contributed by atoms with Gasteiger partial charge in [0, 0.05) is 19.2 Å². The molecule has 0 aromatic carbocycles. The smallest absolute Gasteiger partial charge is 0.270 e. The molecule has 0 aliphatic heterocycles. The molecule has 1 aromatic heterocycles. The van der Waals surface area contributed by atoms with Gasteiger partial charge in [-0.3, -0.25) is 4.79 Å². The molecule has 0 saturated heterocycles. The Labute approximate surface area is 145 Å². The van der Waals surface area contributed by atoms with Crippen LogP contribution in [0.1, 0.15) is 74.6 Å². The van der Waals surface area contributed by atoms with E-state index in [-0.39, 0.29) is 5.91 Å². The van der Waals surface area contributed by atoms with Crippen LogP contribution in [-0.4, -0.2) is 29.0 Å². The van der Waals surface area contributed by atoms with E-state index in [1.54, 1.807) is 6.07 Å². The van der Waals surface area contributed by atoms with Crippen LogP contribution < -0.4 is 10.6 Å². The van der Waals surface area contributed by atoms with Crippen molar-refractivity contribution in [3.05, 3.63) is 29.2 Å². The maximum atomic E-state index is 12.3. The van der Waals surface area contributed by atoms with Gasteiger partial charge in [0.25, 0.3) is 5.91 Å². The van der Waals surface area contributed by atoms with Gasteiger partial charge in [-0.15, -0.1) is 0 Å². The Bertz CT molecular complexity index is 568. The second-order valence-electron chi connectivity index (χ2n) is 6.43. The fourth-order valence-corrected chi connectivity index (χ4v) is 2.92. The molecule has 1 aliphatic carbocycles. The second kappa shape index (κ2) is 10.1. The first-order chi connectivity index (χ1) is 11.7. The Kier molecular flexibility index (Phi) is 7.72. The lowest BCUT2D eigenvalue weighted by Crippen LogP contribution is -2.26. The lowest BCUT2D eigenvalue weighted by molar-refractivity contribution is 0.0948. The van der Waals surface area contributed by atoms with Crippen molar-refractivity contribution in [3.8, 4) is 0 Å². The fourth-order valence-electron chi connectivity index (χ4n) is 2.92. The Morgan fingerprint density at radius 1 is 1.21 bits per heavy atom. The normalized spacial score (nSPS) is 14.2. The molecule has 5 heteroatoms. The summed E-state index contributed by atoms with van der Waals surface area (Å²) in [5.74, 6) is 1.24. The topological polar surface area (TPSA) is 66.9 Å². The number of allylic oxidation sites excluding steroid dienone is 1. The summed E-state index contributed by atoms with van der Waals surface area (Å²) >= 11 is 0. The molecule has 0 spiro atoms. The highest BCUT2D eigenvalue weighted by atomic mass is 16.1. The van der Waals surface area contributed by atoms with Crippen LogP contribution >= 0.6 is 0 Å². The number of nitrogens with zero attached hydrogens (tertiary/aromatic N) is 2. The van der Waals surface area contributed by atoms with Crippen molar-refractivity contribution < 1.29 is 4.79 Å². The first-order valence-electron chi connectivity index (χ1n) is 9.24. The maximum absolute atomic E-state index is 12.3. The first-order valence-corrected chi connectivity index (χ1v) is 9.24.